The van der Waals surface area contributed by atoms with Crippen LogP contribution in [0.4, 0.5) is 14.5 Å². The lowest BCUT2D eigenvalue weighted by molar-refractivity contribution is -0.119. The minimum absolute atomic E-state index is 0.0497. The Bertz CT molecular complexity index is 1060. The number of carbonyl (C=O) groups excluding carboxylic acids is 1. The van der Waals surface area contributed by atoms with E-state index in [1.807, 2.05) is 0 Å². The Kier molecular flexibility index (Phi) is 5.49. The maximum atomic E-state index is 13.3. The molecule has 1 amide bonds. The standard InChI is InChI=1S/C20H17F2N3O3/c1-12(20(27)23-16-10-14(21)9-15(22)11-16)25-19(26)7-6-18(24-25)13-4-3-5-17(8-13)28-2/h3-12H,1-2H3,(H,23,27). The zero-order valence-electron chi connectivity index (χ0n) is 15.1. The molecule has 0 radical (unpaired) electrons. The Labute approximate surface area is 159 Å². The molecule has 1 atom stereocenters. The van der Waals surface area contributed by atoms with Crippen molar-refractivity contribution in [3.05, 3.63) is 76.6 Å². The minimum atomic E-state index is -1.01. The van der Waals surface area contributed by atoms with E-state index in [1.54, 1.807) is 30.3 Å². The molecule has 1 N–H and O–H groups in total. The first-order chi connectivity index (χ1) is 13.4. The highest BCUT2D eigenvalue weighted by Gasteiger charge is 2.19. The summed E-state index contributed by atoms with van der Waals surface area (Å²) in [4.78, 5) is 24.7. The highest BCUT2D eigenvalue weighted by Crippen LogP contribution is 2.22. The van der Waals surface area contributed by atoms with E-state index in [0.29, 0.717) is 23.1 Å². The summed E-state index contributed by atoms with van der Waals surface area (Å²) in [7, 11) is 1.54. The first kappa shape index (κ1) is 19.2. The summed E-state index contributed by atoms with van der Waals surface area (Å²) in [5, 5.41) is 6.64. The van der Waals surface area contributed by atoms with Crippen molar-refractivity contribution in [3.8, 4) is 17.0 Å². The number of nitrogens with zero attached hydrogens (tertiary/aromatic N) is 2. The summed E-state index contributed by atoms with van der Waals surface area (Å²) >= 11 is 0. The van der Waals surface area contributed by atoms with Crippen LogP contribution in [-0.4, -0.2) is 22.8 Å². The van der Waals surface area contributed by atoms with Gasteiger partial charge in [-0.2, -0.15) is 5.10 Å². The van der Waals surface area contributed by atoms with E-state index < -0.39 is 29.1 Å². The summed E-state index contributed by atoms with van der Waals surface area (Å²) in [5.74, 6) is -1.66. The molecule has 0 aliphatic rings. The van der Waals surface area contributed by atoms with E-state index in [9.17, 15) is 18.4 Å². The van der Waals surface area contributed by atoms with Gasteiger partial charge in [0.1, 0.15) is 23.4 Å². The molecule has 1 heterocycles. The second kappa shape index (κ2) is 7.99. The highest BCUT2D eigenvalue weighted by atomic mass is 19.1. The lowest BCUT2D eigenvalue weighted by Gasteiger charge is -2.15. The van der Waals surface area contributed by atoms with Gasteiger partial charge in [-0.05, 0) is 37.3 Å². The van der Waals surface area contributed by atoms with Gasteiger partial charge in [0, 0.05) is 23.4 Å². The van der Waals surface area contributed by atoms with Crippen LogP contribution in [0.3, 0.4) is 0 Å². The fraction of sp³-hybridized carbons (Fsp3) is 0.150. The average Bonchev–Trinajstić information content (AvgIpc) is 2.67. The fourth-order valence-corrected chi connectivity index (χ4v) is 2.62. The second-order valence-corrected chi connectivity index (χ2v) is 6.06. The van der Waals surface area contributed by atoms with Gasteiger partial charge >= 0.3 is 0 Å². The molecule has 0 fully saturated rings. The first-order valence-corrected chi connectivity index (χ1v) is 8.38. The van der Waals surface area contributed by atoms with Crippen molar-refractivity contribution in [2.24, 2.45) is 0 Å². The van der Waals surface area contributed by atoms with Gasteiger partial charge in [-0.15, -0.1) is 0 Å². The van der Waals surface area contributed by atoms with Gasteiger partial charge in [0.25, 0.3) is 5.56 Å². The number of amides is 1. The molecule has 0 aliphatic heterocycles. The Balaban J connectivity index is 1.89. The van der Waals surface area contributed by atoms with Gasteiger partial charge in [-0.25, -0.2) is 13.5 Å². The summed E-state index contributed by atoms with van der Waals surface area (Å²) in [6, 6.07) is 11.6. The quantitative estimate of drug-likeness (QED) is 0.731. The summed E-state index contributed by atoms with van der Waals surface area (Å²) in [5.41, 5.74) is 0.633. The molecule has 1 unspecified atom stereocenters. The third-order valence-electron chi connectivity index (χ3n) is 4.07. The number of carbonyl (C=O) groups is 1. The van der Waals surface area contributed by atoms with Gasteiger partial charge in [0.15, 0.2) is 0 Å². The predicted octanol–water partition coefficient (Wildman–Crippen LogP) is 3.40. The number of hydrogen-bond donors (Lipinski definition) is 1. The zero-order valence-corrected chi connectivity index (χ0v) is 15.1. The van der Waals surface area contributed by atoms with Crippen LogP contribution in [0.25, 0.3) is 11.3 Å². The van der Waals surface area contributed by atoms with E-state index in [-0.39, 0.29) is 5.69 Å². The summed E-state index contributed by atoms with van der Waals surface area (Å²) in [6.45, 7) is 1.47. The number of hydrogen-bond acceptors (Lipinski definition) is 4. The van der Waals surface area contributed by atoms with Gasteiger partial charge in [0.05, 0.1) is 12.8 Å². The van der Waals surface area contributed by atoms with Crippen LogP contribution in [0.1, 0.15) is 13.0 Å². The SMILES string of the molecule is COc1cccc(-c2ccc(=O)n(C(C)C(=O)Nc3cc(F)cc(F)c3)n2)c1. The topological polar surface area (TPSA) is 73.2 Å². The molecule has 144 valence electrons. The van der Waals surface area contributed by atoms with Crippen LogP contribution < -0.4 is 15.6 Å². The first-order valence-electron chi connectivity index (χ1n) is 8.38. The van der Waals surface area contributed by atoms with E-state index in [0.717, 1.165) is 16.8 Å². The fourth-order valence-electron chi connectivity index (χ4n) is 2.62. The summed E-state index contributed by atoms with van der Waals surface area (Å²) in [6.07, 6.45) is 0. The van der Waals surface area contributed by atoms with Crippen LogP contribution in [0.2, 0.25) is 0 Å². The molecule has 0 spiro atoms. The molecule has 3 rings (SSSR count). The average molecular weight is 385 g/mol. The molecule has 0 bridgehead atoms. The summed E-state index contributed by atoms with van der Waals surface area (Å²) < 4.78 is 32.8. The van der Waals surface area contributed by atoms with Crippen molar-refractivity contribution in [1.82, 2.24) is 9.78 Å². The van der Waals surface area contributed by atoms with Crippen LogP contribution >= 0.6 is 0 Å². The molecule has 28 heavy (non-hydrogen) atoms. The molecular formula is C20H17F2N3O3. The largest absolute Gasteiger partial charge is 0.497 e. The number of aromatic nitrogens is 2. The van der Waals surface area contributed by atoms with E-state index in [1.165, 1.54) is 20.1 Å². The van der Waals surface area contributed by atoms with Crippen molar-refractivity contribution in [1.29, 1.82) is 0 Å². The number of benzene rings is 2. The molecule has 0 aliphatic carbocycles. The Morgan fingerprint density at radius 1 is 1.11 bits per heavy atom. The number of methoxy groups -OCH3 is 1. The molecular weight excluding hydrogens is 368 g/mol. The number of ether oxygens (including phenoxy) is 1. The molecule has 2 aromatic carbocycles. The van der Waals surface area contributed by atoms with Crippen molar-refractivity contribution < 1.29 is 18.3 Å². The van der Waals surface area contributed by atoms with E-state index in [4.69, 9.17) is 4.74 Å². The van der Waals surface area contributed by atoms with Crippen molar-refractivity contribution in [3.63, 3.8) is 0 Å². The Morgan fingerprint density at radius 2 is 1.82 bits per heavy atom. The van der Waals surface area contributed by atoms with Crippen molar-refractivity contribution >= 4 is 11.6 Å². The molecule has 8 heteroatoms. The van der Waals surface area contributed by atoms with Crippen molar-refractivity contribution in [2.45, 2.75) is 13.0 Å². The van der Waals surface area contributed by atoms with Gasteiger partial charge in [0.2, 0.25) is 5.91 Å². The molecule has 3 aromatic rings. The number of rotatable bonds is 5. The number of halogens is 2. The van der Waals surface area contributed by atoms with E-state index in [2.05, 4.69) is 10.4 Å². The normalized spacial score (nSPS) is 11.7. The minimum Gasteiger partial charge on any atom is -0.497 e. The third kappa shape index (κ3) is 4.22. The zero-order chi connectivity index (χ0) is 20.3. The monoisotopic (exact) mass is 385 g/mol. The van der Waals surface area contributed by atoms with Gasteiger partial charge in [-0.3, -0.25) is 9.59 Å². The maximum absolute atomic E-state index is 13.3. The Morgan fingerprint density at radius 3 is 2.50 bits per heavy atom. The van der Waals surface area contributed by atoms with Gasteiger partial charge in [-0.1, -0.05) is 12.1 Å². The lowest BCUT2D eigenvalue weighted by atomic mass is 10.1. The smallest absolute Gasteiger partial charge is 0.267 e. The van der Waals surface area contributed by atoms with Crippen LogP contribution in [0, 0.1) is 11.6 Å². The predicted molar refractivity (Wildman–Crippen MR) is 100 cm³/mol. The Hall–Kier alpha value is -3.55. The molecule has 0 saturated heterocycles. The van der Waals surface area contributed by atoms with E-state index >= 15 is 0 Å². The van der Waals surface area contributed by atoms with Crippen LogP contribution in [0.15, 0.2) is 59.4 Å². The van der Waals surface area contributed by atoms with Crippen molar-refractivity contribution in [2.75, 3.05) is 12.4 Å². The molecule has 0 saturated carbocycles. The van der Waals surface area contributed by atoms with Crippen LogP contribution in [0.5, 0.6) is 5.75 Å². The van der Waals surface area contributed by atoms with Crippen LogP contribution in [-0.2, 0) is 4.79 Å². The third-order valence-corrected chi connectivity index (χ3v) is 4.07. The highest BCUT2D eigenvalue weighted by molar-refractivity contribution is 5.93. The van der Waals surface area contributed by atoms with Gasteiger partial charge < -0.3 is 10.1 Å². The number of anilines is 1. The maximum Gasteiger partial charge on any atom is 0.267 e. The molecule has 6 nitrogen and oxygen atoms in total. The second-order valence-electron chi connectivity index (χ2n) is 6.06. The number of nitrogens with one attached hydrogen (secondary N) is 1. The molecule has 1 aromatic heterocycles. The lowest BCUT2D eigenvalue weighted by Crippen LogP contribution is -2.33.